The summed E-state index contributed by atoms with van der Waals surface area (Å²) in [6, 6.07) is 4.83. The van der Waals surface area contributed by atoms with Crippen LogP contribution in [0.2, 0.25) is 0 Å². The highest BCUT2D eigenvalue weighted by Crippen LogP contribution is 2.27. The molecule has 1 aliphatic heterocycles. The molecular formula is C15H22N2O5. The van der Waals surface area contributed by atoms with Crippen LogP contribution in [0.1, 0.15) is 5.56 Å². The highest BCUT2D eigenvalue weighted by atomic mass is 16.6. The van der Waals surface area contributed by atoms with Gasteiger partial charge in [-0.15, -0.1) is 0 Å². The molecule has 0 bridgehead atoms. The molecule has 1 aromatic carbocycles. The Kier molecular flexibility index (Phi) is 6.57. The van der Waals surface area contributed by atoms with Crippen molar-refractivity contribution in [2.24, 2.45) is 0 Å². The minimum atomic E-state index is -0.436. The van der Waals surface area contributed by atoms with Crippen molar-refractivity contribution in [3.05, 3.63) is 33.9 Å². The van der Waals surface area contributed by atoms with E-state index in [1.807, 2.05) is 6.92 Å². The van der Waals surface area contributed by atoms with Gasteiger partial charge in [-0.25, -0.2) is 0 Å². The fourth-order valence-corrected chi connectivity index (χ4v) is 2.22. The third-order valence-corrected chi connectivity index (χ3v) is 3.45. The first kappa shape index (κ1) is 16.7. The van der Waals surface area contributed by atoms with Crippen molar-refractivity contribution in [3.63, 3.8) is 0 Å². The van der Waals surface area contributed by atoms with Gasteiger partial charge in [-0.05, 0) is 18.6 Å². The van der Waals surface area contributed by atoms with E-state index in [-0.39, 0.29) is 5.69 Å². The van der Waals surface area contributed by atoms with E-state index in [0.717, 1.165) is 38.4 Å². The Morgan fingerprint density at radius 3 is 2.77 bits per heavy atom. The third-order valence-electron chi connectivity index (χ3n) is 3.45. The molecular weight excluding hydrogens is 288 g/mol. The molecule has 0 amide bonds. The van der Waals surface area contributed by atoms with Crippen molar-refractivity contribution in [1.29, 1.82) is 0 Å². The van der Waals surface area contributed by atoms with Crippen molar-refractivity contribution in [2.45, 2.75) is 6.92 Å². The number of rotatable bonds is 8. The summed E-state index contributed by atoms with van der Waals surface area (Å²) in [6.07, 6.45) is 0. The molecule has 7 heteroatoms. The topological polar surface area (TPSA) is 74.1 Å². The van der Waals surface area contributed by atoms with Gasteiger partial charge in [-0.3, -0.25) is 15.0 Å². The van der Waals surface area contributed by atoms with Crippen molar-refractivity contribution in [3.8, 4) is 5.75 Å². The van der Waals surface area contributed by atoms with Crippen LogP contribution in [0.5, 0.6) is 5.75 Å². The Labute approximate surface area is 129 Å². The van der Waals surface area contributed by atoms with Crippen LogP contribution in [-0.2, 0) is 9.47 Å². The van der Waals surface area contributed by atoms with Gasteiger partial charge in [0.15, 0.2) is 5.75 Å². The molecule has 0 aromatic heterocycles. The first-order chi connectivity index (χ1) is 10.7. The van der Waals surface area contributed by atoms with Crippen molar-refractivity contribution in [2.75, 3.05) is 52.7 Å². The van der Waals surface area contributed by atoms with Crippen LogP contribution >= 0.6 is 0 Å². The fraction of sp³-hybridized carbons (Fsp3) is 0.600. The maximum absolute atomic E-state index is 10.9. The zero-order chi connectivity index (χ0) is 15.8. The lowest BCUT2D eigenvalue weighted by molar-refractivity contribution is -0.385. The molecule has 0 aliphatic carbocycles. The molecule has 0 unspecified atom stereocenters. The SMILES string of the molecule is Cc1ccc([N+](=O)[O-])c(OCCOCCN2CCOCC2)c1. The second-order valence-electron chi connectivity index (χ2n) is 5.14. The average Bonchev–Trinajstić information content (AvgIpc) is 2.51. The van der Waals surface area contributed by atoms with E-state index >= 15 is 0 Å². The van der Waals surface area contributed by atoms with Gasteiger partial charge in [-0.2, -0.15) is 0 Å². The number of nitro benzene ring substituents is 1. The van der Waals surface area contributed by atoms with Crippen LogP contribution in [0, 0.1) is 17.0 Å². The zero-order valence-corrected chi connectivity index (χ0v) is 12.8. The molecule has 0 spiro atoms. The fourth-order valence-electron chi connectivity index (χ4n) is 2.22. The second-order valence-corrected chi connectivity index (χ2v) is 5.14. The van der Waals surface area contributed by atoms with Gasteiger partial charge in [0.25, 0.3) is 0 Å². The molecule has 1 aromatic rings. The van der Waals surface area contributed by atoms with Gasteiger partial charge in [0.2, 0.25) is 0 Å². The zero-order valence-electron chi connectivity index (χ0n) is 12.8. The lowest BCUT2D eigenvalue weighted by Crippen LogP contribution is -2.38. The van der Waals surface area contributed by atoms with Crippen molar-refractivity contribution >= 4 is 5.69 Å². The smallest absolute Gasteiger partial charge is 0.310 e. The van der Waals surface area contributed by atoms with Crippen LogP contribution in [0.4, 0.5) is 5.69 Å². The Morgan fingerprint density at radius 1 is 1.27 bits per heavy atom. The van der Waals surface area contributed by atoms with E-state index in [4.69, 9.17) is 14.2 Å². The molecule has 7 nitrogen and oxygen atoms in total. The quantitative estimate of drug-likeness (QED) is 0.413. The highest BCUT2D eigenvalue weighted by Gasteiger charge is 2.14. The van der Waals surface area contributed by atoms with E-state index in [1.54, 1.807) is 12.1 Å². The predicted molar refractivity (Wildman–Crippen MR) is 81.4 cm³/mol. The average molecular weight is 310 g/mol. The number of morpholine rings is 1. The van der Waals surface area contributed by atoms with Gasteiger partial charge in [-0.1, -0.05) is 6.07 Å². The monoisotopic (exact) mass is 310 g/mol. The van der Waals surface area contributed by atoms with Crippen LogP contribution in [-0.4, -0.2) is 62.5 Å². The first-order valence-electron chi connectivity index (χ1n) is 7.42. The number of nitrogens with zero attached hydrogens (tertiary/aromatic N) is 2. The molecule has 0 atom stereocenters. The van der Waals surface area contributed by atoms with Gasteiger partial charge < -0.3 is 14.2 Å². The standard InChI is InChI=1S/C15H22N2O5/c1-13-2-3-14(17(18)19)15(12-13)22-11-10-21-9-6-16-4-7-20-8-5-16/h2-3,12H,4-11H2,1H3. The Balaban J connectivity index is 1.66. The van der Waals surface area contributed by atoms with Gasteiger partial charge in [0, 0.05) is 25.7 Å². The Hall–Kier alpha value is -1.70. The Bertz CT molecular complexity index is 489. The lowest BCUT2D eigenvalue weighted by Gasteiger charge is -2.26. The van der Waals surface area contributed by atoms with Gasteiger partial charge in [0.05, 0.1) is 31.4 Å². The molecule has 2 rings (SSSR count). The van der Waals surface area contributed by atoms with Crippen LogP contribution in [0.3, 0.4) is 0 Å². The molecule has 1 fully saturated rings. The van der Waals surface area contributed by atoms with Crippen molar-refractivity contribution in [1.82, 2.24) is 4.90 Å². The molecule has 1 heterocycles. The van der Waals surface area contributed by atoms with E-state index in [1.165, 1.54) is 6.07 Å². The summed E-state index contributed by atoms with van der Waals surface area (Å²) in [5.41, 5.74) is 0.910. The predicted octanol–water partition coefficient (Wildman–Crippen LogP) is 1.63. The minimum absolute atomic E-state index is 0.0149. The summed E-state index contributed by atoms with van der Waals surface area (Å²) >= 11 is 0. The maximum atomic E-state index is 10.9. The van der Waals surface area contributed by atoms with E-state index < -0.39 is 4.92 Å². The molecule has 1 aliphatic rings. The van der Waals surface area contributed by atoms with E-state index in [2.05, 4.69) is 4.90 Å². The molecule has 0 radical (unpaired) electrons. The summed E-state index contributed by atoms with van der Waals surface area (Å²) in [4.78, 5) is 12.8. The second kappa shape index (κ2) is 8.67. The lowest BCUT2D eigenvalue weighted by atomic mass is 10.2. The Morgan fingerprint density at radius 2 is 2.05 bits per heavy atom. The number of hydrogen-bond acceptors (Lipinski definition) is 6. The third kappa shape index (κ3) is 5.25. The van der Waals surface area contributed by atoms with Crippen molar-refractivity contribution < 1.29 is 19.1 Å². The van der Waals surface area contributed by atoms with E-state index in [0.29, 0.717) is 25.6 Å². The van der Waals surface area contributed by atoms with Crippen LogP contribution < -0.4 is 4.74 Å². The minimum Gasteiger partial charge on any atom is -0.484 e. The summed E-state index contributed by atoms with van der Waals surface area (Å²) < 4.78 is 16.3. The molecule has 1 saturated heterocycles. The largest absolute Gasteiger partial charge is 0.484 e. The summed E-state index contributed by atoms with van der Waals surface area (Å²) in [6.45, 7) is 7.51. The highest BCUT2D eigenvalue weighted by molar-refractivity contribution is 5.48. The number of benzene rings is 1. The van der Waals surface area contributed by atoms with Gasteiger partial charge >= 0.3 is 5.69 Å². The summed E-state index contributed by atoms with van der Waals surface area (Å²) in [7, 11) is 0. The molecule has 0 N–H and O–H groups in total. The molecule has 0 saturated carbocycles. The maximum Gasteiger partial charge on any atom is 0.310 e. The molecule has 22 heavy (non-hydrogen) atoms. The summed E-state index contributed by atoms with van der Waals surface area (Å²) in [5, 5.41) is 10.9. The van der Waals surface area contributed by atoms with Gasteiger partial charge in [0.1, 0.15) is 6.61 Å². The van der Waals surface area contributed by atoms with E-state index in [9.17, 15) is 10.1 Å². The van der Waals surface area contributed by atoms with Crippen LogP contribution in [0.15, 0.2) is 18.2 Å². The number of aryl methyl sites for hydroxylation is 1. The number of nitro groups is 1. The molecule has 122 valence electrons. The first-order valence-corrected chi connectivity index (χ1v) is 7.42. The summed E-state index contributed by atoms with van der Waals surface area (Å²) in [5.74, 6) is 0.293. The number of ether oxygens (including phenoxy) is 3. The van der Waals surface area contributed by atoms with Crippen LogP contribution in [0.25, 0.3) is 0 Å². The number of hydrogen-bond donors (Lipinski definition) is 0. The normalized spacial score (nSPS) is 15.7.